The highest BCUT2D eigenvalue weighted by molar-refractivity contribution is 6.03. The van der Waals surface area contributed by atoms with Gasteiger partial charge in [0.05, 0.1) is 29.4 Å². The van der Waals surface area contributed by atoms with Gasteiger partial charge in [-0.25, -0.2) is 0 Å². The summed E-state index contributed by atoms with van der Waals surface area (Å²) in [6.07, 6.45) is 1.08. The van der Waals surface area contributed by atoms with E-state index in [4.69, 9.17) is 17.2 Å². The molecule has 0 aliphatic rings. The number of anilines is 1. The van der Waals surface area contributed by atoms with Crippen LogP contribution in [0.15, 0.2) is 41.2 Å². The molecule has 0 fully saturated rings. The topological polar surface area (TPSA) is 297 Å². The van der Waals surface area contributed by atoms with E-state index in [-0.39, 0.29) is 48.0 Å². The van der Waals surface area contributed by atoms with Gasteiger partial charge >= 0.3 is 5.97 Å². The highest BCUT2D eigenvalue weighted by Crippen LogP contribution is 2.29. The van der Waals surface area contributed by atoms with Crippen LogP contribution < -0.4 is 43.9 Å². The maximum absolute atomic E-state index is 13.3. The van der Waals surface area contributed by atoms with Crippen LogP contribution in [0.3, 0.4) is 0 Å². The van der Waals surface area contributed by atoms with Crippen LogP contribution in [0.5, 0.6) is 0 Å². The number of methoxy groups -OCH3 is 1. The van der Waals surface area contributed by atoms with Crippen LogP contribution in [0, 0.1) is 16.0 Å². The largest absolute Gasteiger partial charge is 0.468 e. The number of carbonyl (C=O) groups excluding carboxylic acids is 5. The van der Waals surface area contributed by atoms with Gasteiger partial charge in [0, 0.05) is 35.7 Å². The Balaban J connectivity index is 1.58. The van der Waals surface area contributed by atoms with Gasteiger partial charge in [-0.2, -0.15) is 0 Å². The maximum Gasteiger partial charge on any atom is 0.322 e. The summed E-state index contributed by atoms with van der Waals surface area (Å²) in [5.41, 5.74) is 17.3. The number of ether oxygens (including phenoxy) is 1. The molecule has 0 spiro atoms. The average Bonchev–Trinajstić information content (AvgIpc) is 3.08. The molecule has 11 N–H and O–H groups in total. The number of carbonyl (C=O) groups is 5. The summed E-state index contributed by atoms with van der Waals surface area (Å²) in [4.78, 5) is 89.3. The molecule has 50 heavy (non-hydrogen) atoms. The van der Waals surface area contributed by atoms with Gasteiger partial charge in [0.15, 0.2) is 5.43 Å². The standard InChI is InChI=1S/C32H43N9O9/c1-16(28(35)43)25(40-29(44)17(2)38-30(45)19(33)9-6-10-20(34)32(47)50-3)31(46)37-15-7-14-36-22-12-13-23(41(48)49)26-24(22)27(42)18-8-4-5-11-21(18)39-26/h4-5,8,11-13,16-17,19-20,25,36H,6-7,9-10,14-15,33-34H2,1-3H3,(H2,35,43)(H,37,46)(H,38,45)(H,39,42)(H,40,44)/t16?,17-,19-,20+,25+/m0/s1. The molecule has 4 amide bonds. The SMILES string of the molecule is COC(=O)[C@H](N)CCC[C@H](N)C(=O)N[C@@H](C)C(=O)N[C@@H](C(=O)NCCCNc1ccc([N+](=O)[O-])c2[nH]c3ccccc3c(=O)c12)C(C)C(N)=O. The van der Waals surface area contributed by atoms with Gasteiger partial charge in [-0.1, -0.05) is 19.1 Å². The number of benzene rings is 2. The van der Waals surface area contributed by atoms with E-state index in [2.05, 4.69) is 31.0 Å². The first-order valence-corrected chi connectivity index (χ1v) is 15.9. The molecule has 18 heteroatoms. The van der Waals surface area contributed by atoms with E-state index in [1.165, 1.54) is 33.1 Å². The fourth-order valence-corrected chi connectivity index (χ4v) is 5.15. The van der Waals surface area contributed by atoms with E-state index < -0.39 is 64.6 Å². The molecule has 3 rings (SSSR count). The fraction of sp³-hybridized carbons (Fsp3) is 0.438. The molecule has 2 aromatic carbocycles. The molecule has 0 radical (unpaired) electrons. The lowest BCUT2D eigenvalue weighted by molar-refractivity contribution is -0.383. The number of esters is 1. The number of rotatable bonds is 18. The lowest BCUT2D eigenvalue weighted by Crippen LogP contribution is -2.58. The fourth-order valence-electron chi connectivity index (χ4n) is 5.15. The third kappa shape index (κ3) is 9.73. The van der Waals surface area contributed by atoms with Crippen molar-refractivity contribution in [3.8, 4) is 0 Å². The Morgan fingerprint density at radius 1 is 0.920 bits per heavy atom. The van der Waals surface area contributed by atoms with Crippen LogP contribution in [0.1, 0.15) is 39.5 Å². The minimum Gasteiger partial charge on any atom is -0.468 e. The smallest absolute Gasteiger partial charge is 0.322 e. The minimum absolute atomic E-state index is 0.0730. The Labute approximate surface area is 286 Å². The molecular weight excluding hydrogens is 654 g/mol. The molecule has 0 aliphatic carbocycles. The van der Waals surface area contributed by atoms with Crippen molar-refractivity contribution in [2.45, 2.75) is 63.7 Å². The van der Waals surface area contributed by atoms with Gasteiger partial charge in [-0.15, -0.1) is 0 Å². The molecule has 1 heterocycles. The number of para-hydroxylation sites is 1. The second kappa shape index (κ2) is 17.7. The first-order chi connectivity index (χ1) is 23.7. The molecule has 0 saturated heterocycles. The van der Waals surface area contributed by atoms with Crippen LogP contribution in [0.25, 0.3) is 21.8 Å². The van der Waals surface area contributed by atoms with Gasteiger partial charge < -0.3 is 48.2 Å². The number of nitro groups is 1. The molecule has 1 aromatic heterocycles. The van der Waals surface area contributed by atoms with Crippen LogP contribution in [-0.2, 0) is 28.7 Å². The second-order valence-electron chi connectivity index (χ2n) is 11.8. The number of fused-ring (bicyclic) bond motifs is 2. The third-order valence-electron chi connectivity index (χ3n) is 8.16. The first kappa shape index (κ1) is 38.8. The Hall–Kier alpha value is -5.62. The summed E-state index contributed by atoms with van der Waals surface area (Å²) in [5, 5.41) is 22.8. The van der Waals surface area contributed by atoms with Crippen LogP contribution in [0.2, 0.25) is 0 Å². The number of nitrogens with two attached hydrogens (primary N) is 3. The second-order valence-corrected chi connectivity index (χ2v) is 11.8. The summed E-state index contributed by atoms with van der Waals surface area (Å²) in [6.45, 7) is 3.06. The number of primary amides is 1. The van der Waals surface area contributed by atoms with Crippen molar-refractivity contribution in [1.82, 2.24) is 20.9 Å². The summed E-state index contributed by atoms with van der Waals surface area (Å²) in [6, 6.07) is 5.03. The molecule has 0 bridgehead atoms. The number of aromatic nitrogens is 1. The highest BCUT2D eigenvalue weighted by Gasteiger charge is 2.32. The zero-order chi connectivity index (χ0) is 37.1. The zero-order valence-electron chi connectivity index (χ0n) is 27.9. The predicted molar refractivity (Wildman–Crippen MR) is 185 cm³/mol. The van der Waals surface area contributed by atoms with Crippen molar-refractivity contribution < 1.29 is 33.6 Å². The Morgan fingerprint density at radius 3 is 2.26 bits per heavy atom. The molecule has 1 unspecified atom stereocenters. The van der Waals surface area contributed by atoms with E-state index in [0.29, 0.717) is 29.4 Å². The van der Waals surface area contributed by atoms with Crippen molar-refractivity contribution in [1.29, 1.82) is 0 Å². The predicted octanol–water partition coefficient (Wildman–Crippen LogP) is -0.383. The average molecular weight is 698 g/mol. The van der Waals surface area contributed by atoms with Gasteiger partial charge in [-0.05, 0) is 50.8 Å². The molecule has 0 aliphatic heterocycles. The number of amides is 4. The lowest BCUT2D eigenvalue weighted by atomic mass is 10.00. The summed E-state index contributed by atoms with van der Waals surface area (Å²) >= 11 is 0. The van der Waals surface area contributed by atoms with E-state index in [1.54, 1.807) is 24.3 Å². The molecular formula is C32H43N9O9. The number of H-pyrrole nitrogens is 1. The lowest BCUT2D eigenvalue weighted by Gasteiger charge is -2.25. The molecule has 18 nitrogen and oxygen atoms in total. The van der Waals surface area contributed by atoms with Gasteiger partial charge in [0.2, 0.25) is 23.6 Å². The van der Waals surface area contributed by atoms with Gasteiger partial charge in [0.25, 0.3) is 5.69 Å². The van der Waals surface area contributed by atoms with Crippen LogP contribution >= 0.6 is 0 Å². The zero-order valence-corrected chi connectivity index (χ0v) is 27.9. The highest BCUT2D eigenvalue weighted by atomic mass is 16.6. The monoisotopic (exact) mass is 697 g/mol. The van der Waals surface area contributed by atoms with Gasteiger partial charge in [0.1, 0.15) is 23.6 Å². The normalized spacial score (nSPS) is 14.1. The van der Waals surface area contributed by atoms with Crippen LogP contribution in [0.4, 0.5) is 11.4 Å². The summed E-state index contributed by atoms with van der Waals surface area (Å²) in [7, 11) is 1.21. The Morgan fingerprint density at radius 2 is 1.60 bits per heavy atom. The molecule has 270 valence electrons. The van der Waals surface area contributed by atoms with E-state index in [1.807, 2.05) is 0 Å². The summed E-state index contributed by atoms with van der Waals surface area (Å²) < 4.78 is 4.55. The van der Waals surface area contributed by atoms with Gasteiger partial charge in [-0.3, -0.25) is 38.9 Å². The number of hydrogen-bond acceptors (Lipinski definition) is 12. The minimum atomic E-state index is -1.37. The van der Waals surface area contributed by atoms with Crippen molar-refractivity contribution in [2.24, 2.45) is 23.1 Å². The van der Waals surface area contributed by atoms with E-state index in [0.717, 1.165) is 0 Å². The van der Waals surface area contributed by atoms with Crippen molar-refractivity contribution in [3.63, 3.8) is 0 Å². The van der Waals surface area contributed by atoms with Crippen molar-refractivity contribution in [2.75, 3.05) is 25.5 Å². The number of pyridine rings is 1. The molecule has 5 atom stereocenters. The number of nitrogens with zero attached hydrogens (tertiary/aromatic N) is 1. The first-order valence-electron chi connectivity index (χ1n) is 15.9. The number of nitrogens with one attached hydrogen (secondary N) is 5. The quantitative estimate of drug-likeness (QED) is 0.0277. The Bertz CT molecular complexity index is 1810. The number of nitro benzene ring substituents is 1. The number of aromatic amines is 1. The van der Waals surface area contributed by atoms with E-state index in [9.17, 15) is 38.9 Å². The third-order valence-corrected chi connectivity index (χ3v) is 8.16. The van der Waals surface area contributed by atoms with E-state index >= 15 is 0 Å². The maximum atomic E-state index is 13.3. The molecule has 3 aromatic rings. The van der Waals surface area contributed by atoms with Crippen molar-refractivity contribution in [3.05, 3.63) is 56.7 Å². The molecule has 0 saturated carbocycles. The number of hydrogen-bond donors (Lipinski definition) is 8. The Kier molecular flexibility index (Phi) is 13.7. The van der Waals surface area contributed by atoms with Crippen molar-refractivity contribution >= 4 is 62.8 Å². The summed E-state index contributed by atoms with van der Waals surface area (Å²) in [5.74, 6) is -4.67. The van der Waals surface area contributed by atoms with Crippen LogP contribution in [-0.4, -0.2) is 83.9 Å². The number of non-ortho nitro benzene ring substituents is 1.